The third-order valence-corrected chi connectivity index (χ3v) is 14.4. The molecule has 258 valence electrons. The first-order valence-corrected chi connectivity index (χ1v) is 22.2. The fraction of sp³-hybridized carbons (Fsp3) is 0.314. The fourth-order valence-electron chi connectivity index (χ4n) is 6.39. The molecule has 4 aromatic rings. The molecule has 5 nitrogen and oxygen atoms in total. The first-order chi connectivity index (χ1) is 22.4. The van der Waals surface area contributed by atoms with Crippen LogP contribution in [-0.2, 0) is 25.7 Å². The molecule has 4 aromatic carbocycles. The highest BCUT2D eigenvalue weighted by atomic mass is 127. The molecule has 0 aromatic heterocycles. The van der Waals surface area contributed by atoms with Crippen molar-refractivity contribution in [2.24, 2.45) is 0 Å². The minimum Gasteiger partial charge on any atom is -0.507 e. The lowest BCUT2D eigenvalue weighted by Crippen LogP contribution is -2.32. The van der Waals surface area contributed by atoms with Gasteiger partial charge in [0.1, 0.15) is 23.0 Å². The fourth-order valence-corrected chi connectivity index (χ4v) is 13.4. The average molecular weight is 1410 g/mol. The van der Waals surface area contributed by atoms with Gasteiger partial charge in [0.05, 0.1) is 40.1 Å². The van der Waals surface area contributed by atoms with E-state index < -0.39 is 0 Å². The Bertz CT molecular complexity index is 1760. The van der Waals surface area contributed by atoms with Crippen LogP contribution in [0.3, 0.4) is 0 Å². The van der Waals surface area contributed by atoms with E-state index in [2.05, 4.69) is 193 Å². The molecule has 0 spiro atoms. The molecule has 3 N–H and O–H groups in total. The molecule has 0 saturated heterocycles. The van der Waals surface area contributed by atoms with Crippen LogP contribution in [0, 0.1) is 21.4 Å². The molecular formula is C35H33BrClI6NO4. The van der Waals surface area contributed by atoms with Crippen LogP contribution in [0.15, 0.2) is 46.9 Å². The Morgan fingerprint density at radius 3 is 1.88 bits per heavy atom. The highest BCUT2D eigenvalue weighted by Crippen LogP contribution is 2.41. The van der Waals surface area contributed by atoms with Gasteiger partial charge < -0.3 is 25.0 Å². The summed E-state index contributed by atoms with van der Waals surface area (Å²) in [6, 6.07) is 15.3. The minimum atomic E-state index is 0. The number of hydrogen-bond donors (Lipinski definition) is 3. The lowest BCUT2D eigenvalue weighted by molar-refractivity contribution is 0.408. The summed E-state index contributed by atoms with van der Waals surface area (Å²) in [4.78, 5) is 0. The normalized spacial score (nSPS) is 16.5. The average Bonchev–Trinajstić information content (AvgIpc) is 3.01. The predicted octanol–water partition coefficient (Wildman–Crippen LogP) is 11.7. The van der Waals surface area contributed by atoms with Crippen LogP contribution in [-0.4, -0.2) is 31.0 Å². The number of methoxy groups -OCH3 is 2. The molecular weight excluding hydrogens is 1380 g/mol. The summed E-state index contributed by atoms with van der Waals surface area (Å²) in [5, 5.41) is 23.8. The smallest absolute Gasteiger partial charge is 0.145 e. The molecule has 48 heavy (non-hydrogen) atoms. The highest BCUT2D eigenvalue weighted by Gasteiger charge is 2.26. The lowest BCUT2D eigenvalue weighted by atomic mass is 9.79. The zero-order valence-electron chi connectivity index (χ0n) is 25.9. The Hall–Kier alpha value is 1.19. The van der Waals surface area contributed by atoms with Crippen molar-refractivity contribution in [3.63, 3.8) is 0 Å². The van der Waals surface area contributed by atoms with Gasteiger partial charge in [-0.25, -0.2) is 0 Å². The quantitative estimate of drug-likeness (QED) is 0.168. The Morgan fingerprint density at radius 1 is 0.750 bits per heavy atom. The first-order valence-electron chi connectivity index (χ1n) is 14.9. The molecule has 0 radical (unpaired) electrons. The van der Waals surface area contributed by atoms with Crippen LogP contribution in [0.25, 0.3) is 0 Å². The van der Waals surface area contributed by atoms with E-state index in [-0.39, 0.29) is 18.4 Å². The van der Waals surface area contributed by atoms with E-state index in [0.29, 0.717) is 17.4 Å². The molecule has 1 heterocycles. The number of ether oxygens (including phenoxy) is 2. The van der Waals surface area contributed by atoms with E-state index in [1.54, 1.807) is 14.2 Å². The first kappa shape index (κ1) is 41.9. The molecule has 0 saturated carbocycles. The van der Waals surface area contributed by atoms with Crippen LogP contribution in [0.4, 0.5) is 0 Å². The number of rotatable bonds is 6. The number of halogens is 8. The summed E-state index contributed by atoms with van der Waals surface area (Å²) in [5.41, 5.74) is 7.92. The predicted molar refractivity (Wildman–Crippen MR) is 251 cm³/mol. The van der Waals surface area contributed by atoms with Crippen LogP contribution < -0.4 is 14.8 Å². The zero-order chi connectivity index (χ0) is 34.0. The number of nitrogens with one attached hydrogen (secondary N) is 1. The second kappa shape index (κ2) is 19.0. The van der Waals surface area contributed by atoms with Crippen molar-refractivity contribution in [2.75, 3.05) is 20.8 Å². The van der Waals surface area contributed by atoms with Gasteiger partial charge in [-0.05, 0) is 278 Å². The molecule has 1 aliphatic heterocycles. The SMILES string of the molecule is COc1c(I)cc(CC2CCCc3cc(O)c(Br)cc32)cc1I.COc1c(I)cc(CC2NCCc3c2cc(I)c(O)c3I)cc1I.Cl. The van der Waals surface area contributed by atoms with Gasteiger partial charge in [-0.1, -0.05) is 0 Å². The summed E-state index contributed by atoms with van der Waals surface area (Å²) in [6.45, 7) is 0.942. The van der Waals surface area contributed by atoms with Gasteiger partial charge in [-0.2, -0.15) is 0 Å². The summed E-state index contributed by atoms with van der Waals surface area (Å²) in [5.74, 6) is 3.19. The summed E-state index contributed by atoms with van der Waals surface area (Å²) in [7, 11) is 3.44. The van der Waals surface area contributed by atoms with Crippen LogP contribution >= 0.6 is 164 Å². The van der Waals surface area contributed by atoms with Gasteiger partial charge in [-0.15, -0.1) is 12.4 Å². The van der Waals surface area contributed by atoms with Crippen LogP contribution in [0.2, 0.25) is 0 Å². The number of phenolic OH excluding ortho intramolecular Hbond substituents is 2. The highest BCUT2D eigenvalue weighted by molar-refractivity contribution is 14.1. The maximum atomic E-state index is 10.2. The summed E-state index contributed by atoms with van der Waals surface area (Å²) >= 11 is 17.3. The van der Waals surface area contributed by atoms with Crippen molar-refractivity contribution in [1.82, 2.24) is 5.32 Å². The Kier molecular flexibility index (Phi) is 16.6. The number of aromatic hydroxyl groups is 2. The number of hydrogen-bond acceptors (Lipinski definition) is 5. The Morgan fingerprint density at radius 2 is 1.31 bits per heavy atom. The van der Waals surface area contributed by atoms with E-state index >= 15 is 0 Å². The van der Waals surface area contributed by atoms with E-state index in [1.807, 2.05) is 6.07 Å². The molecule has 13 heteroatoms. The number of aryl methyl sites for hydroxylation is 1. The van der Waals surface area contributed by atoms with Crippen LogP contribution in [0.5, 0.6) is 23.0 Å². The van der Waals surface area contributed by atoms with Crippen molar-refractivity contribution >= 4 is 164 Å². The topological polar surface area (TPSA) is 71.0 Å². The van der Waals surface area contributed by atoms with E-state index in [1.165, 1.54) is 46.2 Å². The van der Waals surface area contributed by atoms with Crippen molar-refractivity contribution < 1.29 is 19.7 Å². The van der Waals surface area contributed by atoms with E-state index in [4.69, 9.17) is 9.47 Å². The van der Waals surface area contributed by atoms with E-state index in [0.717, 1.165) is 69.6 Å². The number of fused-ring (bicyclic) bond motifs is 2. The van der Waals surface area contributed by atoms with Gasteiger partial charge in [0.2, 0.25) is 0 Å². The summed E-state index contributed by atoms with van der Waals surface area (Å²) in [6.07, 6.45) is 6.36. The zero-order valence-corrected chi connectivity index (χ0v) is 41.3. The maximum absolute atomic E-state index is 10.2. The van der Waals surface area contributed by atoms with Crippen molar-refractivity contribution in [2.45, 2.75) is 50.5 Å². The van der Waals surface area contributed by atoms with E-state index in [9.17, 15) is 10.2 Å². The molecule has 1 aliphatic carbocycles. The van der Waals surface area contributed by atoms with Crippen molar-refractivity contribution in [3.05, 3.63) is 102 Å². The maximum Gasteiger partial charge on any atom is 0.145 e. The molecule has 2 unspecified atom stereocenters. The van der Waals surface area contributed by atoms with Gasteiger partial charge in [0.15, 0.2) is 0 Å². The molecule has 6 rings (SSSR count). The van der Waals surface area contributed by atoms with Gasteiger partial charge in [0, 0.05) is 6.04 Å². The number of phenols is 2. The second-order valence-corrected chi connectivity index (χ2v) is 19.3. The van der Waals surface area contributed by atoms with Gasteiger partial charge >= 0.3 is 0 Å². The lowest BCUT2D eigenvalue weighted by Gasteiger charge is -2.29. The molecule has 2 aliphatic rings. The largest absolute Gasteiger partial charge is 0.507 e. The second-order valence-electron chi connectivity index (χ2n) is 11.5. The van der Waals surface area contributed by atoms with Crippen molar-refractivity contribution in [1.29, 1.82) is 0 Å². The monoisotopic (exact) mass is 1410 g/mol. The molecule has 0 bridgehead atoms. The minimum absolute atomic E-state index is 0. The van der Waals surface area contributed by atoms with Gasteiger partial charge in [-0.3, -0.25) is 0 Å². The Balaban J connectivity index is 0.000000212. The molecule has 0 fully saturated rings. The van der Waals surface area contributed by atoms with Crippen LogP contribution in [0.1, 0.15) is 58.2 Å². The number of benzene rings is 4. The van der Waals surface area contributed by atoms with Gasteiger partial charge in [0.25, 0.3) is 0 Å². The van der Waals surface area contributed by atoms with Crippen molar-refractivity contribution in [3.8, 4) is 23.0 Å². The standard InChI is InChI=1S/C18H17BrI2O2.C17H15I4NO2.ClH/c1-23-18-15(20)6-10(7-16(18)21)5-11-3-2-4-12-8-17(22)14(19)9-13(11)12;1-24-17-12(19)4-8(5-13(17)20)6-14-10-7-11(18)16(23)15(21)9(10)2-3-22-14;/h6-9,11,22H,2-5H2,1H3;4-5,7,14,22-23H,2-3,6H2,1H3;1H. The molecule has 0 amide bonds. The third kappa shape index (κ3) is 9.83. The molecule has 2 atom stereocenters. The summed E-state index contributed by atoms with van der Waals surface area (Å²) < 4.78 is 18.2. The Labute approximate surface area is 379 Å². The third-order valence-electron chi connectivity index (χ3n) is 8.56.